The number of carbonyl (C=O) groups is 1. The molecule has 1 aliphatic heterocycles. The Bertz CT molecular complexity index is 1090. The monoisotopic (exact) mass is 405 g/mol. The number of halogens is 1. The number of carbonyl (C=O) groups excluding carboxylic acids is 1. The first-order valence-electron chi connectivity index (χ1n) is 8.96. The summed E-state index contributed by atoms with van der Waals surface area (Å²) in [6.45, 7) is -0.205. The van der Waals surface area contributed by atoms with E-state index in [1.165, 1.54) is 5.01 Å². The van der Waals surface area contributed by atoms with Crippen molar-refractivity contribution in [2.45, 2.75) is 12.5 Å². The molecule has 0 fully saturated rings. The van der Waals surface area contributed by atoms with Gasteiger partial charge in [-0.3, -0.25) is 4.79 Å². The third kappa shape index (κ3) is 4.15. The van der Waals surface area contributed by atoms with Crippen LogP contribution in [0.25, 0.3) is 0 Å². The van der Waals surface area contributed by atoms with E-state index in [9.17, 15) is 4.79 Å². The Morgan fingerprint density at radius 1 is 1.24 bits per heavy atom. The Morgan fingerprint density at radius 3 is 2.79 bits per heavy atom. The van der Waals surface area contributed by atoms with Crippen LogP contribution in [0.5, 0.6) is 5.75 Å². The van der Waals surface area contributed by atoms with Crippen molar-refractivity contribution >= 4 is 23.2 Å². The zero-order chi connectivity index (χ0) is 20.2. The third-order valence-corrected chi connectivity index (χ3v) is 4.79. The van der Waals surface area contributed by atoms with Crippen molar-refractivity contribution < 1.29 is 13.9 Å². The second kappa shape index (κ2) is 8.21. The van der Waals surface area contributed by atoms with Gasteiger partial charge in [-0.1, -0.05) is 29.8 Å². The molecular weight excluding hydrogens is 390 g/mol. The lowest BCUT2D eigenvalue weighted by molar-refractivity contribution is -0.135. The second-order valence-corrected chi connectivity index (χ2v) is 6.89. The fourth-order valence-corrected chi connectivity index (χ4v) is 3.25. The van der Waals surface area contributed by atoms with Crippen molar-refractivity contribution in [1.29, 1.82) is 5.26 Å². The van der Waals surface area contributed by atoms with Crippen LogP contribution in [0.4, 0.5) is 0 Å². The Balaban J connectivity index is 1.54. The molecule has 144 valence electrons. The van der Waals surface area contributed by atoms with Crippen LogP contribution in [0, 0.1) is 11.3 Å². The average molecular weight is 406 g/mol. The van der Waals surface area contributed by atoms with E-state index in [1.54, 1.807) is 48.7 Å². The van der Waals surface area contributed by atoms with Crippen LogP contribution in [0.1, 0.15) is 29.3 Å². The van der Waals surface area contributed by atoms with E-state index in [2.05, 4.69) is 5.10 Å². The minimum absolute atomic E-state index is 0.205. The lowest BCUT2D eigenvalue weighted by atomic mass is 10.0. The van der Waals surface area contributed by atoms with Crippen molar-refractivity contribution in [3.63, 3.8) is 0 Å². The quantitative estimate of drug-likeness (QED) is 0.623. The Morgan fingerprint density at radius 2 is 2.07 bits per heavy atom. The molecule has 6 nitrogen and oxygen atoms in total. The Kier molecular flexibility index (Phi) is 5.32. The summed E-state index contributed by atoms with van der Waals surface area (Å²) in [5, 5.41) is 15.6. The molecule has 3 aromatic rings. The van der Waals surface area contributed by atoms with Gasteiger partial charge in [-0.15, -0.1) is 0 Å². The highest BCUT2D eigenvalue weighted by molar-refractivity contribution is 6.30. The highest BCUT2D eigenvalue weighted by atomic mass is 35.5. The molecule has 29 heavy (non-hydrogen) atoms. The summed E-state index contributed by atoms with van der Waals surface area (Å²) in [7, 11) is 0. The lowest BCUT2D eigenvalue weighted by Gasteiger charge is -2.20. The number of nitriles is 1. The van der Waals surface area contributed by atoms with Gasteiger partial charge < -0.3 is 9.15 Å². The summed E-state index contributed by atoms with van der Waals surface area (Å²) in [5.41, 5.74) is 2.12. The maximum Gasteiger partial charge on any atom is 0.281 e. The van der Waals surface area contributed by atoms with Crippen LogP contribution in [-0.4, -0.2) is 23.2 Å². The molecule has 7 heteroatoms. The number of ether oxygens (including phenoxy) is 1. The van der Waals surface area contributed by atoms with Crippen LogP contribution in [0.3, 0.4) is 0 Å². The van der Waals surface area contributed by atoms with Crippen molar-refractivity contribution in [1.82, 2.24) is 5.01 Å². The van der Waals surface area contributed by atoms with Crippen LogP contribution in [0.2, 0.25) is 5.02 Å². The first-order valence-corrected chi connectivity index (χ1v) is 9.33. The molecule has 4 rings (SSSR count). The fraction of sp³-hybridized carbons (Fsp3) is 0.136. The molecule has 1 amide bonds. The van der Waals surface area contributed by atoms with Gasteiger partial charge in [0.1, 0.15) is 17.6 Å². The molecule has 1 aliphatic rings. The van der Waals surface area contributed by atoms with Gasteiger partial charge in [0, 0.05) is 11.4 Å². The van der Waals surface area contributed by atoms with E-state index >= 15 is 0 Å². The molecule has 1 aromatic heterocycles. The van der Waals surface area contributed by atoms with E-state index < -0.39 is 0 Å². The smallest absolute Gasteiger partial charge is 0.281 e. The van der Waals surface area contributed by atoms with E-state index in [4.69, 9.17) is 26.0 Å². The number of amides is 1. The van der Waals surface area contributed by atoms with Crippen molar-refractivity contribution in [3.8, 4) is 11.8 Å². The predicted octanol–water partition coefficient (Wildman–Crippen LogP) is 4.56. The van der Waals surface area contributed by atoms with E-state index in [-0.39, 0.29) is 18.6 Å². The Labute approximate surface area is 172 Å². The molecular formula is C22H16ClN3O3. The predicted molar refractivity (Wildman–Crippen MR) is 108 cm³/mol. The lowest BCUT2D eigenvalue weighted by Crippen LogP contribution is -2.31. The zero-order valence-electron chi connectivity index (χ0n) is 15.3. The van der Waals surface area contributed by atoms with Gasteiger partial charge >= 0.3 is 0 Å². The molecule has 0 radical (unpaired) electrons. The number of nitrogens with zero attached hydrogens (tertiary/aromatic N) is 3. The van der Waals surface area contributed by atoms with Gasteiger partial charge in [0.25, 0.3) is 5.91 Å². The molecule has 1 atom stereocenters. The highest BCUT2D eigenvalue weighted by Gasteiger charge is 2.35. The van der Waals surface area contributed by atoms with Crippen molar-refractivity contribution in [2.24, 2.45) is 5.10 Å². The van der Waals surface area contributed by atoms with Gasteiger partial charge in [0.15, 0.2) is 6.61 Å². The largest absolute Gasteiger partial charge is 0.484 e. The van der Waals surface area contributed by atoms with Crippen molar-refractivity contribution in [3.05, 3.63) is 88.8 Å². The van der Waals surface area contributed by atoms with Crippen LogP contribution in [-0.2, 0) is 4.79 Å². The molecule has 2 aromatic carbocycles. The van der Waals surface area contributed by atoms with Crippen LogP contribution >= 0.6 is 11.6 Å². The van der Waals surface area contributed by atoms with Crippen molar-refractivity contribution in [2.75, 3.05) is 6.61 Å². The van der Waals surface area contributed by atoms with E-state index in [1.807, 2.05) is 24.3 Å². The first-order chi connectivity index (χ1) is 14.1. The van der Waals surface area contributed by atoms with E-state index in [0.717, 1.165) is 11.3 Å². The maximum atomic E-state index is 12.9. The summed E-state index contributed by atoms with van der Waals surface area (Å²) in [6, 6.07) is 19.3. The molecule has 1 unspecified atom stereocenters. The molecule has 0 bridgehead atoms. The van der Waals surface area contributed by atoms with Gasteiger partial charge in [0.05, 0.1) is 23.6 Å². The zero-order valence-corrected chi connectivity index (χ0v) is 16.0. The number of hydrazone groups is 1. The number of benzene rings is 2. The SMILES string of the molecule is N#Cc1cccc(OCC(=O)N2N=C(c3ccc(Cl)cc3)CC2c2ccco2)c1. The summed E-state index contributed by atoms with van der Waals surface area (Å²) in [5.74, 6) is 0.795. The number of hydrogen-bond acceptors (Lipinski definition) is 5. The summed E-state index contributed by atoms with van der Waals surface area (Å²) >= 11 is 5.97. The van der Waals surface area contributed by atoms with Gasteiger partial charge in [-0.25, -0.2) is 5.01 Å². The van der Waals surface area contributed by atoms with Gasteiger partial charge in [-0.2, -0.15) is 10.4 Å². The first kappa shape index (κ1) is 18.8. The van der Waals surface area contributed by atoms with Crippen LogP contribution in [0.15, 0.2) is 76.4 Å². The number of furan rings is 1. The fourth-order valence-electron chi connectivity index (χ4n) is 3.13. The highest BCUT2D eigenvalue weighted by Crippen LogP contribution is 2.33. The number of hydrogen-bond donors (Lipinski definition) is 0. The molecule has 0 N–H and O–H groups in total. The van der Waals surface area contributed by atoms with Gasteiger partial charge in [-0.05, 0) is 48.0 Å². The minimum atomic E-state index is -0.350. The van der Waals surface area contributed by atoms with Crippen LogP contribution < -0.4 is 4.74 Å². The maximum absolute atomic E-state index is 12.9. The molecule has 0 saturated carbocycles. The molecule has 2 heterocycles. The summed E-state index contributed by atoms with van der Waals surface area (Å²) in [6.07, 6.45) is 2.09. The summed E-state index contributed by atoms with van der Waals surface area (Å²) in [4.78, 5) is 12.9. The summed E-state index contributed by atoms with van der Waals surface area (Å²) < 4.78 is 11.1. The number of rotatable bonds is 5. The van der Waals surface area contributed by atoms with E-state index in [0.29, 0.717) is 28.5 Å². The molecule has 0 aliphatic carbocycles. The minimum Gasteiger partial charge on any atom is -0.484 e. The molecule has 0 spiro atoms. The third-order valence-electron chi connectivity index (χ3n) is 4.54. The Hall–Kier alpha value is -3.56. The normalized spacial score (nSPS) is 15.7. The second-order valence-electron chi connectivity index (χ2n) is 6.46. The standard InChI is InChI=1S/C22H16ClN3O3/c23-17-8-6-16(7-9-17)19-12-20(21-5-2-10-28-21)26(25-19)22(27)14-29-18-4-1-3-15(11-18)13-24/h1-11,20H,12,14H2. The average Bonchev–Trinajstić information content (AvgIpc) is 3.42. The van der Waals surface area contributed by atoms with Gasteiger partial charge in [0.2, 0.25) is 0 Å². The topological polar surface area (TPSA) is 78.8 Å². The molecule has 0 saturated heterocycles.